The Morgan fingerprint density at radius 1 is 0.900 bits per heavy atom. The van der Waals surface area contributed by atoms with E-state index in [1.54, 1.807) is 24.3 Å². The van der Waals surface area contributed by atoms with Crippen LogP contribution in [-0.4, -0.2) is 18.4 Å². The van der Waals surface area contributed by atoms with Crippen molar-refractivity contribution in [3.8, 4) is 11.5 Å². The van der Waals surface area contributed by atoms with Gasteiger partial charge >= 0.3 is 0 Å². The van der Waals surface area contributed by atoms with Gasteiger partial charge in [0.25, 0.3) is 5.91 Å². The monoisotopic (exact) mass is 410 g/mol. The molecule has 7 heteroatoms. The van der Waals surface area contributed by atoms with Crippen molar-refractivity contribution < 1.29 is 23.1 Å². The van der Waals surface area contributed by atoms with E-state index in [9.17, 15) is 18.4 Å². The van der Waals surface area contributed by atoms with Crippen molar-refractivity contribution in [1.82, 2.24) is 5.32 Å². The maximum Gasteiger partial charge on any atom is 0.254 e. The van der Waals surface area contributed by atoms with Crippen molar-refractivity contribution in [3.05, 3.63) is 89.5 Å². The summed E-state index contributed by atoms with van der Waals surface area (Å²) in [5.74, 6) is -1.40. The number of rotatable bonds is 7. The van der Waals surface area contributed by atoms with E-state index in [-0.39, 0.29) is 24.4 Å². The standard InChI is InChI=1S/C23H20F2N2O3/c1-15-2-7-18(8-3-15)30-19-9-5-17(6-10-19)27-22(28)12-13-26-23(29)20-11-4-16(24)14-21(20)25/h2-11,14H,12-13H2,1H3,(H,26,29)(H,27,28). The van der Waals surface area contributed by atoms with Crippen LogP contribution in [0, 0.1) is 18.6 Å². The van der Waals surface area contributed by atoms with E-state index >= 15 is 0 Å². The van der Waals surface area contributed by atoms with E-state index in [0.717, 1.165) is 17.7 Å². The topological polar surface area (TPSA) is 67.4 Å². The maximum absolute atomic E-state index is 13.6. The van der Waals surface area contributed by atoms with Gasteiger partial charge < -0.3 is 15.4 Å². The second-order valence-corrected chi connectivity index (χ2v) is 6.62. The molecule has 0 unspecified atom stereocenters. The van der Waals surface area contributed by atoms with Crippen molar-refractivity contribution in [2.75, 3.05) is 11.9 Å². The summed E-state index contributed by atoms with van der Waals surface area (Å²) in [5, 5.41) is 5.14. The van der Waals surface area contributed by atoms with Crippen molar-refractivity contribution in [2.24, 2.45) is 0 Å². The zero-order chi connectivity index (χ0) is 21.5. The Morgan fingerprint density at radius 3 is 2.17 bits per heavy atom. The predicted octanol–water partition coefficient (Wildman–Crippen LogP) is 4.82. The summed E-state index contributed by atoms with van der Waals surface area (Å²) >= 11 is 0. The molecule has 0 heterocycles. The van der Waals surface area contributed by atoms with E-state index in [1.807, 2.05) is 31.2 Å². The molecular formula is C23H20F2N2O3. The van der Waals surface area contributed by atoms with Gasteiger partial charge in [-0.3, -0.25) is 9.59 Å². The molecule has 0 fully saturated rings. The van der Waals surface area contributed by atoms with Gasteiger partial charge in [-0.15, -0.1) is 0 Å². The molecule has 0 aliphatic heterocycles. The quantitative estimate of drug-likeness (QED) is 0.587. The number of hydrogen-bond donors (Lipinski definition) is 2. The maximum atomic E-state index is 13.6. The number of halogens is 2. The molecular weight excluding hydrogens is 390 g/mol. The highest BCUT2D eigenvalue weighted by molar-refractivity contribution is 5.95. The third-order valence-electron chi connectivity index (χ3n) is 4.21. The lowest BCUT2D eigenvalue weighted by atomic mass is 10.2. The van der Waals surface area contributed by atoms with Crippen molar-refractivity contribution in [3.63, 3.8) is 0 Å². The van der Waals surface area contributed by atoms with Crippen LogP contribution in [0.3, 0.4) is 0 Å². The SMILES string of the molecule is Cc1ccc(Oc2ccc(NC(=O)CCNC(=O)c3ccc(F)cc3F)cc2)cc1. The molecule has 0 aliphatic carbocycles. The molecule has 154 valence electrons. The molecule has 0 spiro atoms. The first-order chi connectivity index (χ1) is 14.4. The summed E-state index contributed by atoms with van der Waals surface area (Å²) in [4.78, 5) is 23.9. The van der Waals surface area contributed by atoms with E-state index < -0.39 is 17.5 Å². The van der Waals surface area contributed by atoms with Gasteiger partial charge in [0.1, 0.15) is 23.1 Å². The summed E-state index contributed by atoms with van der Waals surface area (Å²) in [6, 6.07) is 17.2. The van der Waals surface area contributed by atoms with Gasteiger partial charge in [-0.05, 0) is 55.5 Å². The summed E-state index contributed by atoms with van der Waals surface area (Å²) in [6.07, 6.45) is -0.00380. The van der Waals surface area contributed by atoms with E-state index in [0.29, 0.717) is 23.3 Å². The number of benzene rings is 3. The summed E-state index contributed by atoms with van der Waals surface area (Å²) < 4.78 is 32.2. The molecule has 0 saturated carbocycles. The largest absolute Gasteiger partial charge is 0.457 e. The second-order valence-electron chi connectivity index (χ2n) is 6.62. The van der Waals surface area contributed by atoms with Crippen molar-refractivity contribution >= 4 is 17.5 Å². The zero-order valence-corrected chi connectivity index (χ0v) is 16.2. The van der Waals surface area contributed by atoms with Gasteiger partial charge in [0.2, 0.25) is 5.91 Å². The first kappa shape index (κ1) is 21.0. The normalized spacial score (nSPS) is 10.4. The Hall–Kier alpha value is -3.74. The molecule has 0 bridgehead atoms. The molecule has 3 aromatic rings. The number of ether oxygens (including phenoxy) is 1. The highest BCUT2D eigenvalue weighted by Crippen LogP contribution is 2.23. The fourth-order valence-electron chi connectivity index (χ4n) is 2.63. The summed E-state index contributed by atoms with van der Waals surface area (Å²) in [6.45, 7) is 2.00. The van der Waals surface area contributed by atoms with Crippen molar-refractivity contribution in [1.29, 1.82) is 0 Å². The minimum absolute atomic E-state index is 0.00380. The number of hydrogen-bond acceptors (Lipinski definition) is 3. The van der Waals surface area contributed by atoms with Crippen LogP contribution in [0.25, 0.3) is 0 Å². The van der Waals surface area contributed by atoms with Crippen LogP contribution >= 0.6 is 0 Å². The Bertz CT molecular complexity index is 1040. The van der Waals surface area contributed by atoms with E-state index in [4.69, 9.17) is 4.74 Å². The summed E-state index contributed by atoms with van der Waals surface area (Å²) in [5.41, 5.74) is 1.44. The number of aryl methyl sites for hydroxylation is 1. The fourth-order valence-corrected chi connectivity index (χ4v) is 2.63. The lowest BCUT2D eigenvalue weighted by Crippen LogP contribution is -2.28. The molecule has 0 radical (unpaired) electrons. The fraction of sp³-hybridized carbons (Fsp3) is 0.130. The Balaban J connectivity index is 1.45. The number of carbonyl (C=O) groups is 2. The van der Waals surface area contributed by atoms with Crippen LogP contribution < -0.4 is 15.4 Å². The zero-order valence-electron chi connectivity index (χ0n) is 16.2. The van der Waals surface area contributed by atoms with Crippen LogP contribution in [0.15, 0.2) is 66.7 Å². The number of amides is 2. The first-order valence-corrected chi connectivity index (χ1v) is 9.28. The van der Waals surface area contributed by atoms with E-state index in [2.05, 4.69) is 10.6 Å². The van der Waals surface area contributed by atoms with Crippen molar-refractivity contribution in [2.45, 2.75) is 13.3 Å². The molecule has 2 N–H and O–H groups in total. The molecule has 0 aliphatic rings. The van der Waals surface area contributed by atoms with Crippen LogP contribution in [0.5, 0.6) is 11.5 Å². The Kier molecular flexibility index (Phi) is 6.75. The Labute approximate surface area is 172 Å². The smallest absolute Gasteiger partial charge is 0.254 e. The minimum atomic E-state index is -0.954. The summed E-state index contributed by atoms with van der Waals surface area (Å²) in [7, 11) is 0. The molecule has 5 nitrogen and oxygen atoms in total. The molecule has 0 atom stereocenters. The third-order valence-corrected chi connectivity index (χ3v) is 4.21. The number of carbonyl (C=O) groups excluding carboxylic acids is 2. The lowest BCUT2D eigenvalue weighted by Gasteiger charge is -2.09. The Morgan fingerprint density at radius 2 is 1.53 bits per heavy atom. The molecule has 2 amide bonds. The molecule has 0 aromatic heterocycles. The first-order valence-electron chi connectivity index (χ1n) is 9.28. The van der Waals surface area contributed by atoms with Gasteiger partial charge in [0.15, 0.2) is 0 Å². The van der Waals surface area contributed by atoms with E-state index in [1.165, 1.54) is 0 Å². The second kappa shape index (κ2) is 9.65. The predicted molar refractivity (Wildman–Crippen MR) is 110 cm³/mol. The molecule has 3 rings (SSSR count). The molecule has 0 saturated heterocycles. The van der Waals surface area contributed by atoms with Gasteiger partial charge in [-0.1, -0.05) is 17.7 Å². The average molecular weight is 410 g/mol. The minimum Gasteiger partial charge on any atom is -0.457 e. The van der Waals surface area contributed by atoms with Crippen LogP contribution in [-0.2, 0) is 4.79 Å². The third kappa shape index (κ3) is 5.88. The lowest BCUT2D eigenvalue weighted by molar-refractivity contribution is -0.116. The number of nitrogens with one attached hydrogen (secondary N) is 2. The average Bonchev–Trinajstić information content (AvgIpc) is 2.71. The molecule has 3 aromatic carbocycles. The highest BCUT2D eigenvalue weighted by Gasteiger charge is 2.12. The van der Waals surface area contributed by atoms with Gasteiger partial charge in [0, 0.05) is 24.7 Å². The number of anilines is 1. The van der Waals surface area contributed by atoms with Crippen LogP contribution in [0.4, 0.5) is 14.5 Å². The molecule has 30 heavy (non-hydrogen) atoms. The van der Waals surface area contributed by atoms with Gasteiger partial charge in [-0.25, -0.2) is 8.78 Å². The van der Waals surface area contributed by atoms with Gasteiger partial charge in [0.05, 0.1) is 5.56 Å². The van der Waals surface area contributed by atoms with Gasteiger partial charge in [-0.2, -0.15) is 0 Å². The van der Waals surface area contributed by atoms with Crippen LogP contribution in [0.1, 0.15) is 22.3 Å². The highest BCUT2D eigenvalue weighted by atomic mass is 19.1. The van der Waals surface area contributed by atoms with Crippen LogP contribution in [0.2, 0.25) is 0 Å².